The Labute approximate surface area is 107 Å². The predicted molar refractivity (Wildman–Crippen MR) is 76.8 cm³/mol. The molecule has 1 unspecified atom stereocenters. The normalized spacial score (nSPS) is 14.4. The summed E-state index contributed by atoms with van der Waals surface area (Å²) in [5.74, 6) is 0. The molecule has 3 heteroatoms. The largest absolute Gasteiger partial charge is 0.360 e. The lowest BCUT2D eigenvalue weighted by Crippen LogP contribution is -2.51. The molecule has 0 aliphatic heterocycles. The topological polar surface area (TPSA) is 24.1 Å². The van der Waals surface area contributed by atoms with Gasteiger partial charge in [0, 0.05) is 11.6 Å². The average molecular weight is 244 g/mol. The van der Waals surface area contributed by atoms with Crippen LogP contribution in [-0.4, -0.2) is 16.7 Å². The molecule has 0 aromatic heterocycles. The minimum atomic E-state index is 0.0375. The van der Waals surface area contributed by atoms with Gasteiger partial charge in [-0.1, -0.05) is 27.7 Å². The van der Waals surface area contributed by atoms with Gasteiger partial charge in [-0.3, -0.25) is 0 Å². The minimum Gasteiger partial charge on any atom is -0.360 e. The van der Waals surface area contributed by atoms with Gasteiger partial charge in [0.05, 0.1) is 0 Å². The highest BCUT2D eigenvalue weighted by Gasteiger charge is 2.25. The highest BCUT2D eigenvalue weighted by atomic mass is 32.1. The summed E-state index contributed by atoms with van der Waals surface area (Å²) >= 11 is 5.31. The van der Waals surface area contributed by atoms with E-state index in [-0.39, 0.29) is 5.54 Å². The summed E-state index contributed by atoms with van der Waals surface area (Å²) in [7, 11) is 0. The fraction of sp³-hybridized carbons (Fsp3) is 0.923. The second kappa shape index (κ2) is 5.85. The third-order valence-corrected chi connectivity index (χ3v) is 2.63. The van der Waals surface area contributed by atoms with Gasteiger partial charge >= 0.3 is 0 Å². The molecule has 2 N–H and O–H groups in total. The average Bonchev–Trinajstić information content (AvgIpc) is 1.97. The van der Waals surface area contributed by atoms with Gasteiger partial charge in [0.2, 0.25) is 0 Å². The first-order valence-corrected chi connectivity index (χ1v) is 6.55. The van der Waals surface area contributed by atoms with E-state index in [2.05, 4.69) is 59.1 Å². The van der Waals surface area contributed by atoms with Crippen molar-refractivity contribution in [1.82, 2.24) is 10.6 Å². The van der Waals surface area contributed by atoms with Crippen LogP contribution in [0.1, 0.15) is 61.3 Å². The lowest BCUT2D eigenvalue weighted by Gasteiger charge is -2.34. The summed E-state index contributed by atoms with van der Waals surface area (Å²) in [5, 5.41) is 7.46. The maximum atomic E-state index is 5.31. The van der Waals surface area contributed by atoms with Crippen LogP contribution in [0.5, 0.6) is 0 Å². The van der Waals surface area contributed by atoms with Gasteiger partial charge in [-0.25, -0.2) is 0 Å². The smallest absolute Gasteiger partial charge is 0.166 e. The van der Waals surface area contributed by atoms with E-state index in [9.17, 15) is 0 Å². The molecule has 0 heterocycles. The second-order valence-electron chi connectivity index (χ2n) is 6.53. The van der Waals surface area contributed by atoms with E-state index < -0.39 is 0 Å². The zero-order valence-electron chi connectivity index (χ0n) is 11.9. The Morgan fingerprint density at radius 1 is 1.19 bits per heavy atom. The van der Waals surface area contributed by atoms with E-state index in [0.717, 1.165) is 18.0 Å². The van der Waals surface area contributed by atoms with Crippen LogP contribution in [0, 0.1) is 5.41 Å². The van der Waals surface area contributed by atoms with Crippen molar-refractivity contribution in [2.24, 2.45) is 5.41 Å². The predicted octanol–water partition coefficient (Wildman–Crippen LogP) is 3.46. The molecule has 0 saturated heterocycles. The summed E-state index contributed by atoms with van der Waals surface area (Å²) in [4.78, 5) is 0. The third-order valence-electron chi connectivity index (χ3n) is 2.41. The van der Waals surface area contributed by atoms with Gasteiger partial charge in [-0.15, -0.1) is 0 Å². The highest BCUT2D eigenvalue weighted by molar-refractivity contribution is 7.80. The summed E-state index contributed by atoms with van der Waals surface area (Å²) in [6.07, 6.45) is 2.17. The van der Waals surface area contributed by atoms with Crippen LogP contribution in [0.4, 0.5) is 0 Å². The quantitative estimate of drug-likeness (QED) is 0.741. The van der Waals surface area contributed by atoms with E-state index in [4.69, 9.17) is 12.2 Å². The molecule has 0 amide bonds. The Kier molecular flexibility index (Phi) is 5.74. The maximum Gasteiger partial charge on any atom is 0.166 e. The van der Waals surface area contributed by atoms with E-state index in [1.165, 1.54) is 0 Å². The fourth-order valence-corrected chi connectivity index (χ4v) is 2.52. The molecule has 0 aromatic rings. The first-order chi connectivity index (χ1) is 7.06. The molecule has 0 aliphatic rings. The Morgan fingerprint density at radius 3 is 2.06 bits per heavy atom. The van der Waals surface area contributed by atoms with Crippen LogP contribution in [0.2, 0.25) is 0 Å². The zero-order chi connectivity index (χ0) is 13.0. The van der Waals surface area contributed by atoms with Gasteiger partial charge < -0.3 is 10.6 Å². The summed E-state index contributed by atoms with van der Waals surface area (Å²) in [6, 6.07) is 0.436. The molecular formula is C13H28N2S. The van der Waals surface area contributed by atoms with E-state index in [1.807, 2.05) is 0 Å². The first-order valence-electron chi connectivity index (χ1n) is 6.14. The van der Waals surface area contributed by atoms with Crippen molar-refractivity contribution in [3.63, 3.8) is 0 Å². The van der Waals surface area contributed by atoms with Crippen LogP contribution < -0.4 is 10.6 Å². The number of thiocarbonyl (C=S) groups is 1. The molecule has 96 valence electrons. The van der Waals surface area contributed by atoms with Gasteiger partial charge in [-0.2, -0.15) is 0 Å². The molecule has 0 saturated carbocycles. The lowest BCUT2D eigenvalue weighted by atomic mass is 9.82. The van der Waals surface area contributed by atoms with Crippen LogP contribution in [0.3, 0.4) is 0 Å². The molecule has 0 aromatic carbocycles. The van der Waals surface area contributed by atoms with Gasteiger partial charge in [0.15, 0.2) is 5.11 Å². The van der Waals surface area contributed by atoms with Crippen molar-refractivity contribution in [3.05, 3.63) is 0 Å². The molecule has 0 bridgehead atoms. The van der Waals surface area contributed by atoms with Crippen molar-refractivity contribution in [2.45, 2.75) is 72.9 Å². The molecule has 0 spiro atoms. The van der Waals surface area contributed by atoms with E-state index in [0.29, 0.717) is 11.5 Å². The van der Waals surface area contributed by atoms with Crippen LogP contribution >= 0.6 is 12.2 Å². The Balaban J connectivity index is 4.20. The Bertz CT molecular complexity index is 229. The minimum absolute atomic E-state index is 0.0375. The molecule has 0 rings (SSSR count). The summed E-state index contributed by atoms with van der Waals surface area (Å²) in [5.41, 5.74) is 0.346. The van der Waals surface area contributed by atoms with Crippen molar-refractivity contribution in [2.75, 3.05) is 0 Å². The van der Waals surface area contributed by atoms with E-state index in [1.54, 1.807) is 0 Å². The van der Waals surface area contributed by atoms with Gasteiger partial charge in [-0.05, 0) is 51.2 Å². The SMILES string of the molecule is CCC(C)NC(=S)NC(C)(C)CC(C)(C)C. The first kappa shape index (κ1) is 15.7. The fourth-order valence-electron chi connectivity index (χ4n) is 2.04. The number of nitrogens with one attached hydrogen (secondary N) is 2. The molecule has 0 fully saturated rings. The summed E-state index contributed by atoms with van der Waals surface area (Å²) < 4.78 is 0. The molecule has 1 atom stereocenters. The standard InChI is InChI=1S/C13H28N2S/c1-8-10(2)14-11(16)15-13(6,7)9-12(3,4)5/h10H,8-9H2,1-7H3,(H2,14,15,16). The molecule has 16 heavy (non-hydrogen) atoms. The third kappa shape index (κ3) is 7.91. The van der Waals surface area contributed by atoms with E-state index >= 15 is 0 Å². The Hall–Kier alpha value is -0.310. The Morgan fingerprint density at radius 2 is 1.69 bits per heavy atom. The van der Waals surface area contributed by atoms with Crippen molar-refractivity contribution >= 4 is 17.3 Å². The zero-order valence-corrected chi connectivity index (χ0v) is 12.7. The maximum absolute atomic E-state index is 5.31. The number of hydrogen-bond donors (Lipinski definition) is 2. The van der Waals surface area contributed by atoms with Gasteiger partial charge in [0.25, 0.3) is 0 Å². The van der Waals surface area contributed by atoms with Crippen LogP contribution in [0.25, 0.3) is 0 Å². The number of hydrogen-bond acceptors (Lipinski definition) is 1. The highest BCUT2D eigenvalue weighted by Crippen LogP contribution is 2.26. The molecule has 0 radical (unpaired) electrons. The lowest BCUT2D eigenvalue weighted by molar-refractivity contribution is 0.266. The van der Waals surface area contributed by atoms with Crippen molar-refractivity contribution < 1.29 is 0 Å². The van der Waals surface area contributed by atoms with Gasteiger partial charge in [0.1, 0.15) is 0 Å². The number of rotatable bonds is 4. The monoisotopic (exact) mass is 244 g/mol. The summed E-state index contributed by atoms with van der Waals surface area (Å²) in [6.45, 7) is 15.4. The molecule has 0 aliphatic carbocycles. The van der Waals surface area contributed by atoms with Crippen molar-refractivity contribution in [3.8, 4) is 0 Å². The van der Waals surface area contributed by atoms with Crippen LogP contribution in [0.15, 0.2) is 0 Å². The molecule has 2 nitrogen and oxygen atoms in total. The second-order valence-corrected chi connectivity index (χ2v) is 6.94. The van der Waals surface area contributed by atoms with Crippen molar-refractivity contribution in [1.29, 1.82) is 0 Å². The van der Waals surface area contributed by atoms with Crippen LogP contribution in [-0.2, 0) is 0 Å². The molecular weight excluding hydrogens is 216 g/mol.